The van der Waals surface area contributed by atoms with Crippen LogP contribution in [-0.2, 0) is 9.47 Å². The molecule has 0 rings (SSSR count). The van der Waals surface area contributed by atoms with E-state index in [1.165, 1.54) is 0 Å². The predicted octanol–water partition coefficient (Wildman–Crippen LogP) is 1.58. The Morgan fingerprint density at radius 3 is 2.13 bits per heavy atom. The van der Waals surface area contributed by atoms with Gasteiger partial charge in [0.25, 0.3) is 0 Å². The SMILES string of the molecule is CCOCCNCCOCCC(F)(F)F. The van der Waals surface area contributed by atoms with Gasteiger partial charge in [-0.2, -0.15) is 13.2 Å². The van der Waals surface area contributed by atoms with Crippen molar-refractivity contribution in [1.82, 2.24) is 5.32 Å². The monoisotopic (exact) mass is 229 g/mol. The molecule has 0 amide bonds. The summed E-state index contributed by atoms with van der Waals surface area (Å²) >= 11 is 0. The number of nitrogens with one attached hydrogen (secondary N) is 1. The fourth-order valence-corrected chi connectivity index (χ4v) is 0.848. The first-order valence-electron chi connectivity index (χ1n) is 4.99. The van der Waals surface area contributed by atoms with Crippen molar-refractivity contribution in [3.63, 3.8) is 0 Å². The molecule has 15 heavy (non-hydrogen) atoms. The van der Waals surface area contributed by atoms with Gasteiger partial charge in [0.1, 0.15) is 0 Å². The first-order chi connectivity index (χ1) is 7.06. The van der Waals surface area contributed by atoms with E-state index in [1.807, 2.05) is 6.92 Å². The van der Waals surface area contributed by atoms with Crippen molar-refractivity contribution in [2.45, 2.75) is 19.5 Å². The zero-order chi connectivity index (χ0) is 11.6. The summed E-state index contributed by atoms with van der Waals surface area (Å²) in [6.07, 6.45) is -5.01. The second kappa shape index (κ2) is 8.94. The molecule has 0 bridgehead atoms. The Labute approximate surface area is 87.9 Å². The lowest BCUT2D eigenvalue weighted by Crippen LogP contribution is -2.24. The summed E-state index contributed by atoms with van der Waals surface area (Å²) in [5, 5.41) is 2.99. The predicted molar refractivity (Wildman–Crippen MR) is 50.9 cm³/mol. The van der Waals surface area contributed by atoms with Crippen molar-refractivity contribution in [3.05, 3.63) is 0 Å². The van der Waals surface area contributed by atoms with E-state index in [0.717, 1.165) is 0 Å². The van der Waals surface area contributed by atoms with E-state index in [2.05, 4.69) is 5.32 Å². The van der Waals surface area contributed by atoms with Crippen molar-refractivity contribution >= 4 is 0 Å². The molecule has 1 N–H and O–H groups in total. The second-order valence-electron chi connectivity index (χ2n) is 2.92. The Bertz CT molecular complexity index is 142. The van der Waals surface area contributed by atoms with Crippen LogP contribution in [0.1, 0.15) is 13.3 Å². The summed E-state index contributed by atoms with van der Waals surface area (Å²) in [7, 11) is 0. The van der Waals surface area contributed by atoms with E-state index in [4.69, 9.17) is 9.47 Å². The molecular formula is C9H18F3NO2. The normalized spacial score (nSPS) is 12.0. The molecule has 0 aliphatic heterocycles. The number of hydrogen-bond acceptors (Lipinski definition) is 3. The lowest BCUT2D eigenvalue weighted by molar-refractivity contribution is -0.145. The van der Waals surface area contributed by atoms with Crippen LogP contribution in [0, 0.1) is 0 Å². The Morgan fingerprint density at radius 2 is 1.60 bits per heavy atom. The Kier molecular flexibility index (Phi) is 8.74. The van der Waals surface area contributed by atoms with Crippen molar-refractivity contribution in [1.29, 1.82) is 0 Å². The van der Waals surface area contributed by atoms with Gasteiger partial charge in [-0.15, -0.1) is 0 Å². The van der Waals surface area contributed by atoms with Crippen molar-refractivity contribution < 1.29 is 22.6 Å². The lowest BCUT2D eigenvalue weighted by Gasteiger charge is -2.08. The average Bonchev–Trinajstić information content (AvgIpc) is 2.14. The molecule has 0 saturated heterocycles. The Balaban J connectivity index is 2.99. The zero-order valence-electron chi connectivity index (χ0n) is 8.90. The third-order valence-corrected chi connectivity index (χ3v) is 1.58. The number of rotatable bonds is 9. The first-order valence-corrected chi connectivity index (χ1v) is 4.99. The van der Waals surface area contributed by atoms with Gasteiger partial charge in [0, 0.05) is 19.7 Å². The molecule has 0 aromatic heterocycles. The number of hydrogen-bond donors (Lipinski definition) is 1. The van der Waals surface area contributed by atoms with Gasteiger partial charge in [-0.25, -0.2) is 0 Å². The van der Waals surface area contributed by atoms with Crippen LogP contribution in [0.15, 0.2) is 0 Å². The third kappa shape index (κ3) is 13.7. The first kappa shape index (κ1) is 14.7. The van der Waals surface area contributed by atoms with Crippen LogP contribution in [-0.4, -0.2) is 45.7 Å². The second-order valence-corrected chi connectivity index (χ2v) is 2.92. The van der Waals surface area contributed by atoms with Gasteiger partial charge in [-0.3, -0.25) is 0 Å². The minimum atomic E-state index is -4.12. The third-order valence-electron chi connectivity index (χ3n) is 1.58. The summed E-state index contributed by atoms with van der Waals surface area (Å²) in [6.45, 7) is 4.45. The van der Waals surface area contributed by atoms with E-state index in [0.29, 0.717) is 32.9 Å². The van der Waals surface area contributed by atoms with Gasteiger partial charge < -0.3 is 14.8 Å². The topological polar surface area (TPSA) is 30.5 Å². The number of halogens is 3. The maximum Gasteiger partial charge on any atom is 0.391 e. The lowest BCUT2D eigenvalue weighted by atomic mass is 10.4. The standard InChI is InChI=1S/C9H18F3NO2/c1-2-14-7-4-13-5-8-15-6-3-9(10,11)12/h13H,2-8H2,1H3. The molecule has 92 valence electrons. The van der Waals surface area contributed by atoms with Gasteiger partial charge in [0.2, 0.25) is 0 Å². The van der Waals surface area contributed by atoms with E-state index >= 15 is 0 Å². The maximum atomic E-state index is 11.7. The summed E-state index contributed by atoms with van der Waals surface area (Å²) in [4.78, 5) is 0. The van der Waals surface area contributed by atoms with Crippen LogP contribution in [0.5, 0.6) is 0 Å². The molecule has 3 nitrogen and oxygen atoms in total. The van der Waals surface area contributed by atoms with Gasteiger partial charge in [-0.1, -0.05) is 0 Å². The molecule has 0 heterocycles. The van der Waals surface area contributed by atoms with E-state index < -0.39 is 12.6 Å². The summed E-state index contributed by atoms with van der Waals surface area (Å²) < 4.78 is 44.8. The molecule has 0 spiro atoms. The van der Waals surface area contributed by atoms with Crippen molar-refractivity contribution in [3.8, 4) is 0 Å². The minimum Gasteiger partial charge on any atom is -0.380 e. The van der Waals surface area contributed by atoms with Crippen molar-refractivity contribution in [2.24, 2.45) is 0 Å². The summed E-state index contributed by atoms with van der Waals surface area (Å²) in [6, 6.07) is 0. The van der Waals surface area contributed by atoms with Gasteiger partial charge in [0.15, 0.2) is 0 Å². The van der Waals surface area contributed by atoms with E-state index in [9.17, 15) is 13.2 Å². The molecule has 0 atom stereocenters. The largest absolute Gasteiger partial charge is 0.391 e. The summed E-state index contributed by atoms with van der Waals surface area (Å²) in [5.74, 6) is 0. The quantitative estimate of drug-likeness (QED) is 0.609. The minimum absolute atomic E-state index is 0.267. The molecular weight excluding hydrogens is 211 g/mol. The number of ether oxygens (including phenoxy) is 2. The van der Waals surface area contributed by atoms with Crippen LogP contribution in [0.4, 0.5) is 13.2 Å². The molecule has 0 aromatic carbocycles. The van der Waals surface area contributed by atoms with Crippen molar-refractivity contribution in [2.75, 3.05) is 39.5 Å². The fourth-order valence-electron chi connectivity index (χ4n) is 0.848. The Morgan fingerprint density at radius 1 is 1.00 bits per heavy atom. The molecule has 0 radical (unpaired) electrons. The van der Waals surface area contributed by atoms with Crippen LogP contribution in [0.25, 0.3) is 0 Å². The van der Waals surface area contributed by atoms with E-state index in [-0.39, 0.29) is 6.61 Å². The van der Waals surface area contributed by atoms with E-state index in [1.54, 1.807) is 0 Å². The van der Waals surface area contributed by atoms with Crippen LogP contribution < -0.4 is 5.32 Å². The van der Waals surface area contributed by atoms with Gasteiger partial charge in [-0.05, 0) is 6.92 Å². The molecule has 0 aliphatic rings. The fraction of sp³-hybridized carbons (Fsp3) is 1.00. The molecule has 6 heteroatoms. The molecule has 0 saturated carbocycles. The average molecular weight is 229 g/mol. The zero-order valence-corrected chi connectivity index (χ0v) is 8.90. The molecule has 0 unspecified atom stereocenters. The van der Waals surface area contributed by atoms with Gasteiger partial charge >= 0.3 is 6.18 Å². The summed E-state index contributed by atoms with van der Waals surface area (Å²) in [5.41, 5.74) is 0. The van der Waals surface area contributed by atoms with Crippen LogP contribution in [0.2, 0.25) is 0 Å². The highest BCUT2D eigenvalue weighted by molar-refractivity contribution is 4.49. The highest BCUT2D eigenvalue weighted by Gasteiger charge is 2.26. The number of alkyl halides is 3. The highest BCUT2D eigenvalue weighted by Crippen LogP contribution is 2.18. The highest BCUT2D eigenvalue weighted by atomic mass is 19.4. The smallest absolute Gasteiger partial charge is 0.380 e. The Hall–Kier alpha value is -0.330. The van der Waals surface area contributed by atoms with Gasteiger partial charge in [0.05, 0.1) is 26.2 Å². The van der Waals surface area contributed by atoms with Crippen LogP contribution >= 0.6 is 0 Å². The molecule has 0 fully saturated rings. The molecule has 0 aliphatic carbocycles. The van der Waals surface area contributed by atoms with Crippen LogP contribution in [0.3, 0.4) is 0 Å². The maximum absolute atomic E-state index is 11.7. The molecule has 0 aromatic rings.